The van der Waals surface area contributed by atoms with Crippen LogP contribution in [0.2, 0.25) is 0 Å². The number of amides is 2. The van der Waals surface area contributed by atoms with E-state index in [1.165, 1.54) is 6.92 Å². The highest BCUT2D eigenvalue weighted by atomic mass is 16.5. The van der Waals surface area contributed by atoms with Gasteiger partial charge in [-0.25, -0.2) is 0 Å². The lowest BCUT2D eigenvalue weighted by Crippen LogP contribution is -2.50. The number of morpholine rings is 1. The van der Waals surface area contributed by atoms with Crippen molar-refractivity contribution >= 4 is 11.8 Å². The zero-order chi connectivity index (χ0) is 14.4. The summed E-state index contributed by atoms with van der Waals surface area (Å²) in [5.74, 6) is -0.223. The summed E-state index contributed by atoms with van der Waals surface area (Å²) < 4.78 is 5.56. The molecule has 5 nitrogen and oxygen atoms in total. The van der Waals surface area contributed by atoms with Crippen LogP contribution in [-0.4, -0.2) is 49.1 Å². The molecule has 1 aliphatic carbocycles. The molecule has 0 spiro atoms. The van der Waals surface area contributed by atoms with Gasteiger partial charge in [-0.2, -0.15) is 0 Å². The first kappa shape index (κ1) is 14.5. The van der Waals surface area contributed by atoms with Gasteiger partial charge in [-0.1, -0.05) is 36.5 Å². The second-order valence-electron chi connectivity index (χ2n) is 4.89. The van der Waals surface area contributed by atoms with Crippen molar-refractivity contribution in [2.75, 3.05) is 26.2 Å². The third-order valence-corrected chi connectivity index (χ3v) is 3.28. The van der Waals surface area contributed by atoms with Crippen LogP contribution in [0.25, 0.3) is 0 Å². The Balaban J connectivity index is 1.91. The van der Waals surface area contributed by atoms with E-state index in [1.54, 1.807) is 4.90 Å². The highest BCUT2D eigenvalue weighted by Crippen LogP contribution is 2.13. The van der Waals surface area contributed by atoms with Crippen LogP contribution in [0.15, 0.2) is 36.5 Å². The molecule has 0 saturated carbocycles. The number of carbonyl (C=O) groups excluding carboxylic acids is 2. The molecule has 1 heterocycles. The van der Waals surface area contributed by atoms with Crippen molar-refractivity contribution in [2.24, 2.45) is 5.92 Å². The topological polar surface area (TPSA) is 58.6 Å². The first-order valence-corrected chi connectivity index (χ1v) is 6.83. The van der Waals surface area contributed by atoms with Crippen LogP contribution in [0, 0.1) is 5.92 Å². The molecule has 5 heteroatoms. The maximum absolute atomic E-state index is 12.4. The molecule has 2 amide bonds. The van der Waals surface area contributed by atoms with Crippen LogP contribution < -0.4 is 5.32 Å². The molecule has 1 saturated heterocycles. The van der Waals surface area contributed by atoms with Crippen LogP contribution in [-0.2, 0) is 14.3 Å². The fraction of sp³-hybridized carbons (Fsp3) is 0.467. The van der Waals surface area contributed by atoms with Crippen LogP contribution in [0.4, 0.5) is 0 Å². The third kappa shape index (κ3) is 4.06. The minimum atomic E-state index is -0.218. The largest absolute Gasteiger partial charge is 0.373 e. The van der Waals surface area contributed by atoms with E-state index in [4.69, 9.17) is 4.74 Å². The molecule has 1 fully saturated rings. The molecule has 2 rings (SSSR count). The summed E-state index contributed by atoms with van der Waals surface area (Å²) in [5, 5.41) is 2.72. The molecule has 0 radical (unpaired) electrons. The maximum Gasteiger partial charge on any atom is 0.233 e. The predicted molar refractivity (Wildman–Crippen MR) is 75.9 cm³/mol. The van der Waals surface area contributed by atoms with E-state index >= 15 is 0 Å². The average Bonchev–Trinajstić information content (AvgIpc) is 2.73. The number of nitrogens with zero attached hydrogens (tertiary/aromatic N) is 1. The normalized spacial score (nSPS) is 22.6. The summed E-state index contributed by atoms with van der Waals surface area (Å²) in [6, 6.07) is 0. The molecule has 0 aromatic carbocycles. The van der Waals surface area contributed by atoms with E-state index in [9.17, 15) is 9.59 Å². The number of rotatable bonds is 3. The van der Waals surface area contributed by atoms with Gasteiger partial charge in [0, 0.05) is 26.6 Å². The van der Waals surface area contributed by atoms with Gasteiger partial charge in [0.25, 0.3) is 0 Å². The lowest BCUT2D eigenvalue weighted by Gasteiger charge is -2.34. The highest BCUT2D eigenvalue weighted by Gasteiger charge is 2.27. The van der Waals surface area contributed by atoms with Crippen molar-refractivity contribution in [2.45, 2.75) is 13.0 Å². The van der Waals surface area contributed by atoms with Gasteiger partial charge >= 0.3 is 0 Å². The molecule has 1 aliphatic heterocycles. The summed E-state index contributed by atoms with van der Waals surface area (Å²) in [5.41, 5.74) is 0. The molecule has 2 aliphatic rings. The van der Waals surface area contributed by atoms with Crippen LogP contribution in [0.1, 0.15) is 6.92 Å². The minimum Gasteiger partial charge on any atom is -0.373 e. The van der Waals surface area contributed by atoms with Crippen molar-refractivity contribution < 1.29 is 14.3 Å². The van der Waals surface area contributed by atoms with E-state index < -0.39 is 0 Å². The lowest BCUT2D eigenvalue weighted by molar-refractivity contribution is -0.140. The van der Waals surface area contributed by atoms with Crippen molar-refractivity contribution in [3.63, 3.8) is 0 Å². The summed E-state index contributed by atoms with van der Waals surface area (Å²) in [4.78, 5) is 25.2. The Morgan fingerprint density at radius 3 is 2.60 bits per heavy atom. The number of ether oxygens (including phenoxy) is 1. The summed E-state index contributed by atoms with van der Waals surface area (Å²) in [7, 11) is 0. The molecule has 1 atom stereocenters. The second-order valence-corrected chi connectivity index (χ2v) is 4.89. The smallest absolute Gasteiger partial charge is 0.233 e. The van der Waals surface area contributed by atoms with Crippen molar-refractivity contribution in [3.8, 4) is 0 Å². The Labute approximate surface area is 119 Å². The molecular formula is C15H20N2O3. The molecule has 108 valence electrons. The Kier molecular flexibility index (Phi) is 5.12. The number of hydrogen-bond acceptors (Lipinski definition) is 3. The Hall–Kier alpha value is -1.88. The summed E-state index contributed by atoms with van der Waals surface area (Å²) >= 11 is 0. The van der Waals surface area contributed by atoms with E-state index in [0.717, 1.165) is 0 Å². The minimum absolute atomic E-state index is 0.0809. The second kappa shape index (κ2) is 7.05. The number of hydrogen-bond donors (Lipinski definition) is 1. The molecule has 1 N–H and O–H groups in total. The van der Waals surface area contributed by atoms with Gasteiger partial charge in [0.2, 0.25) is 11.8 Å². The van der Waals surface area contributed by atoms with Gasteiger partial charge in [-0.15, -0.1) is 0 Å². The zero-order valence-electron chi connectivity index (χ0n) is 11.6. The van der Waals surface area contributed by atoms with Gasteiger partial charge in [-0.3, -0.25) is 9.59 Å². The summed E-state index contributed by atoms with van der Waals surface area (Å²) in [6.45, 7) is 3.54. The van der Waals surface area contributed by atoms with Gasteiger partial charge in [0.05, 0.1) is 18.6 Å². The maximum atomic E-state index is 12.4. The molecule has 20 heavy (non-hydrogen) atoms. The average molecular weight is 276 g/mol. The molecule has 0 aromatic heterocycles. The third-order valence-electron chi connectivity index (χ3n) is 3.28. The lowest BCUT2D eigenvalue weighted by atomic mass is 10.1. The van der Waals surface area contributed by atoms with Crippen LogP contribution >= 0.6 is 0 Å². The van der Waals surface area contributed by atoms with E-state index in [-0.39, 0.29) is 23.8 Å². The quantitative estimate of drug-likeness (QED) is 0.823. The molecule has 0 bridgehead atoms. The fourth-order valence-electron chi connectivity index (χ4n) is 2.24. The number of nitrogens with one attached hydrogen (secondary N) is 1. The van der Waals surface area contributed by atoms with E-state index in [2.05, 4.69) is 5.32 Å². The van der Waals surface area contributed by atoms with Gasteiger partial charge in [0.15, 0.2) is 0 Å². The SMILES string of the molecule is CC(=O)NC[C@H]1CN(C(=O)C2C=CC=CC=C2)CCO1. The van der Waals surface area contributed by atoms with Crippen molar-refractivity contribution in [3.05, 3.63) is 36.5 Å². The van der Waals surface area contributed by atoms with Crippen LogP contribution in [0.5, 0.6) is 0 Å². The predicted octanol–water partition coefficient (Wildman–Crippen LogP) is 0.648. The molecular weight excluding hydrogens is 256 g/mol. The first-order valence-electron chi connectivity index (χ1n) is 6.83. The number of allylic oxidation sites excluding steroid dienone is 4. The molecule has 0 unspecified atom stereocenters. The summed E-state index contributed by atoms with van der Waals surface area (Å²) in [6.07, 6.45) is 11.2. The van der Waals surface area contributed by atoms with Crippen molar-refractivity contribution in [1.82, 2.24) is 10.2 Å². The Morgan fingerprint density at radius 1 is 1.25 bits per heavy atom. The van der Waals surface area contributed by atoms with E-state index in [0.29, 0.717) is 26.2 Å². The van der Waals surface area contributed by atoms with Gasteiger partial charge in [-0.05, 0) is 0 Å². The zero-order valence-corrected chi connectivity index (χ0v) is 11.6. The standard InChI is InChI=1S/C15H20N2O3/c1-12(18)16-10-14-11-17(8-9-20-14)15(19)13-6-4-2-3-5-7-13/h2-7,13-14H,8-11H2,1H3,(H,16,18)/t14-/m0/s1. The van der Waals surface area contributed by atoms with E-state index in [1.807, 2.05) is 36.5 Å². The molecule has 0 aromatic rings. The monoisotopic (exact) mass is 276 g/mol. The Bertz CT molecular complexity index is 438. The van der Waals surface area contributed by atoms with Crippen molar-refractivity contribution in [1.29, 1.82) is 0 Å². The van der Waals surface area contributed by atoms with Gasteiger partial charge in [0.1, 0.15) is 0 Å². The fourth-order valence-corrected chi connectivity index (χ4v) is 2.24. The van der Waals surface area contributed by atoms with Crippen LogP contribution in [0.3, 0.4) is 0 Å². The first-order chi connectivity index (χ1) is 9.66. The van der Waals surface area contributed by atoms with Gasteiger partial charge < -0.3 is 15.0 Å². The number of carbonyl (C=O) groups is 2. The Morgan fingerprint density at radius 2 is 1.95 bits per heavy atom. The highest BCUT2D eigenvalue weighted by molar-refractivity contribution is 5.82.